The van der Waals surface area contributed by atoms with Crippen molar-refractivity contribution in [1.82, 2.24) is 20.3 Å². The van der Waals surface area contributed by atoms with Gasteiger partial charge in [-0.3, -0.25) is 0 Å². The molecule has 1 fully saturated rings. The van der Waals surface area contributed by atoms with Crippen molar-refractivity contribution >= 4 is 17.5 Å². The molecule has 1 unspecified atom stereocenters. The summed E-state index contributed by atoms with van der Waals surface area (Å²) in [6, 6.07) is 0.549. The van der Waals surface area contributed by atoms with Gasteiger partial charge in [-0.15, -0.1) is 0 Å². The van der Waals surface area contributed by atoms with E-state index in [9.17, 15) is 0 Å². The topological polar surface area (TPSA) is 63.2 Å². The van der Waals surface area contributed by atoms with E-state index in [1.54, 1.807) is 0 Å². The van der Waals surface area contributed by atoms with Crippen molar-refractivity contribution in [2.24, 2.45) is 5.92 Å². The summed E-state index contributed by atoms with van der Waals surface area (Å²) in [6.45, 7) is 7.32. The molecule has 1 N–H and O–H groups in total. The number of rotatable bonds is 5. The molecular weight excluding hydrogens is 278 g/mol. The second-order valence-electron chi connectivity index (χ2n) is 5.35. The van der Waals surface area contributed by atoms with Crippen LogP contribution in [0.5, 0.6) is 6.01 Å². The van der Waals surface area contributed by atoms with Gasteiger partial charge in [-0.25, -0.2) is 0 Å². The Kier molecular flexibility index (Phi) is 5.37. The first-order valence-electron chi connectivity index (χ1n) is 7.03. The molecule has 1 aromatic rings. The van der Waals surface area contributed by atoms with E-state index in [0.29, 0.717) is 17.9 Å². The van der Waals surface area contributed by atoms with Crippen LogP contribution in [-0.4, -0.2) is 47.7 Å². The van der Waals surface area contributed by atoms with Crippen molar-refractivity contribution < 1.29 is 4.74 Å². The summed E-state index contributed by atoms with van der Waals surface area (Å²) in [5.41, 5.74) is 0. The number of anilines is 1. The van der Waals surface area contributed by atoms with Crippen LogP contribution in [0, 0.1) is 5.92 Å². The van der Waals surface area contributed by atoms with E-state index in [1.807, 2.05) is 0 Å². The van der Waals surface area contributed by atoms with E-state index in [4.69, 9.17) is 16.3 Å². The molecule has 6 nitrogen and oxygen atoms in total. The maximum absolute atomic E-state index is 5.94. The van der Waals surface area contributed by atoms with Crippen LogP contribution >= 0.6 is 11.6 Å². The van der Waals surface area contributed by atoms with Gasteiger partial charge in [-0.1, -0.05) is 0 Å². The molecule has 2 heterocycles. The number of piperidine rings is 1. The molecule has 0 bridgehead atoms. The summed E-state index contributed by atoms with van der Waals surface area (Å²) in [4.78, 5) is 14.6. The van der Waals surface area contributed by atoms with E-state index in [-0.39, 0.29) is 11.3 Å². The highest BCUT2D eigenvalue weighted by Gasteiger charge is 2.22. The number of halogens is 1. The second kappa shape index (κ2) is 7.04. The van der Waals surface area contributed by atoms with Crippen LogP contribution in [0.15, 0.2) is 0 Å². The number of hydrogen-bond acceptors (Lipinski definition) is 6. The molecule has 1 aromatic heterocycles. The smallest absolute Gasteiger partial charge is 0.322 e. The molecule has 7 heteroatoms. The van der Waals surface area contributed by atoms with Gasteiger partial charge < -0.3 is 15.0 Å². The first kappa shape index (κ1) is 15.3. The third kappa shape index (κ3) is 3.93. The SMILES string of the molecule is COc1nc(Cl)nc(N(CC2CCCNC2)C(C)C)n1. The molecule has 0 radical (unpaired) electrons. The minimum Gasteiger partial charge on any atom is -0.467 e. The highest BCUT2D eigenvalue weighted by Crippen LogP contribution is 2.20. The number of methoxy groups -OCH3 is 1. The van der Waals surface area contributed by atoms with Crippen molar-refractivity contribution in [3.05, 3.63) is 5.28 Å². The van der Waals surface area contributed by atoms with Gasteiger partial charge in [0.05, 0.1) is 7.11 Å². The Morgan fingerprint density at radius 2 is 2.20 bits per heavy atom. The molecule has 1 saturated heterocycles. The van der Waals surface area contributed by atoms with Crippen molar-refractivity contribution in [1.29, 1.82) is 0 Å². The summed E-state index contributed by atoms with van der Waals surface area (Å²) in [7, 11) is 1.53. The molecule has 1 atom stereocenters. The molecule has 0 amide bonds. The van der Waals surface area contributed by atoms with Gasteiger partial charge in [0.15, 0.2) is 0 Å². The number of nitrogens with one attached hydrogen (secondary N) is 1. The summed E-state index contributed by atoms with van der Waals surface area (Å²) < 4.78 is 5.07. The van der Waals surface area contributed by atoms with Gasteiger partial charge in [0.25, 0.3) is 0 Å². The number of aromatic nitrogens is 3. The van der Waals surface area contributed by atoms with Crippen LogP contribution in [0.4, 0.5) is 5.95 Å². The van der Waals surface area contributed by atoms with Gasteiger partial charge in [-0.2, -0.15) is 15.0 Å². The molecule has 1 aliphatic rings. The van der Waals surface area contributed by atoms with Gasteiger partial charge in [0.1, 0.15) is 0 Å². The highest BCUT2D eigenvalue weighted by molar-refractivity contribution is 6.28. The Labute approximate surface area is 124 Å². The monoisotopic (exact) mass is 299 g/mol. The number of hydrogen-bond donors (Lipinski definition) is 1. The van der Waals surface area contributed by atoms with Gasteiger partial charge in [0, 0.05) is 12.6 Å². The minimum absolute atomic E-state index is 0.166. The fourth-order valence-corrected chi connectivity index (χ4v) is 2.57. The molecule has 0 spiro atoms. The minimum atomic E-state index is 0.166. The fourth-order valence-electron chi connectivity index (χ4n) is 2.42. The number of ether oxygens (including phenoxy) is 1. The van der Waals surface area contributed by atoms with E-state index < -0.39 is 0 Å². The van der Waals surface area contributed by atoms with Gasteiger partial charge in [-0.05, 0) is 57.3 Å². The predicted octanol–water partition coefficient (Wildman–Crippen LogP) is 1.75. The first-order chi connectivity index (χ1) is 9.60. The Balaban J connectivity index is 2.16. The van der Waals surface area contributed by atoms with Crippen LogP contribution in [-0.2, 0) is 0 Å². The third-order valence-electron chi connectivity index (χ3n) is 3.49. The van der Waals surface area contributed by atoms with E-state index in [0.717, 1.165) is 19.6 Å². The van der Waals surface area contributed by atoms with Gasteiger partial charge >= 0.3 is 6.01 Å². The molecule has 20 heavy (non-hydrogen) atoms. The molecule has 0 aliphatic carbocycles. The Bertz CT molecular complexity index is 437. The summed E-state index contributed by atoms with van der Waals surface area (Å²) in [5.74, 6) is 1.19. The first-order valence-corrected chi connectivity index (χ1v) is 7.41. The standard InChI is InChI=1S/C13H22ClN5O/c1-9(2)19(8-10-5-4-6-15-7-10)12-16-11(14)17-13(18-12)20-3/h9-10,15H,4-8H2,1-3H3. The lowest BCUT2D eigenvalue weighted by atomic mass is 9.99. The average Bonchev–Trinajstić information content (AvgIpc) is 2.44. The average molecular weight is 300 g/mol. The molecule has 2 rings (SSSR count). The molecular formula is C13H22ClN5O. The molecule has 0 saturated carbocycles. The lowest BCUT2D eigenvalue weighted by molar-refractivity contribution is 0.363. The van der Waals surface area contributed by atoms with Crippen molar-refractivity contribution in [2.45, 2.75) is 32.7 Å². The molecule has 0 aromatic carbocycles. The zero-order valence-corrected chi connectivity index (χ0v) is 13.0. The Hall–Kier alpha value is -1.14. The predicted molar refractivity (Wildman–Crippen MR) is 79.5 cm³/mol. The van der Waals surface area contributed by atoms with Crippen molar-refractivity contribution in [3.8, 4) is 6.01 Å². The lowest BCUT2D eigenvalue weighted by Gasteiger charge is -2.32. The quantitative estimate of drug-likeness (QED) is 0.894. The van der Waals surface area contributed by atoms with Crippen molar-refractivity contribution in [3.63, 3.8) is 0 Å². The molecule has 1 aliphatic heterocycles. The van der Waals surface area contributed by atoms with E-state index in [2.05, 4.69) is 39.0 Å². The zero-order chi connectivity index (χ0) is 14.5. The largest absolute Gasteiger partial charge is 0.467 e. The number of nitrogens with zero attached hydrogens (tertiary/aromatic N) is 4. The zero-order valence-electron chi connectivity index (χ0n) is 12.3. The maximum atomic E-state index is 5.94. The summed E-state index contributed by atoms with van der Waals surface area (Å²) in [5, 5.41) is 3.60. The Morgan fingerprint density at radius 1 is 1.40 bits per heavy atom. The fraction of sp³-hybridized carbons (Fsp3) is 0.769. The van der Waals surface area contributed by atoms with E-state index >= 15 is 0 Å². The van der Waals surface area contributed by atoms with Crippen LogP contribution in [0.3, 0.4) is 0 Å². The van der Waals surface area contributed by atoms with Gasteiger partial charge in [0.2, 0.25) is 11.2 Å². The van der Waals surface area contributed by atoms with Crippen LogP contribution < -0.4 is 15.0 Å². The lowest BCUT2D eigenvalue weighted by Crippen LogP contribution is -2.42. The van der Waals surface area contributed by atoms with Crippen LogP contribution in [0.25, 0.3) is 0 Å². The second-order valence-corrected chi connectivity index (χ2v) is 5.69. The molecule has 112 valence electrons. The summed E-state index contributed by atoms with van der Waals surface area (Å²) >= 11 is 5.94. The van der Waals surface area contributed by atoms with Crippen LogP contribution in [0.1, 0.15) is 26.7 Å². The van der Waals surface area contributed by atoms with E-state index in [1.165, 1.54) is 20.0 Å². The highest BCUT2D eigenvalue weighted by atomic mass is 35.5. The summed E-state index contributed by atoms with van der Waals surface area (Å²) in [6.07, 6.45) is 2.45. The maximum Gasteiger partial charge on any atom is 0.322 e. The normalized spacial score (nSPS) is 19.1. The van der Waals surface area contributed by atoms with Crippen molar-refractivity contribution in [2.75, 3.05) is 31.6 Å². The Morgan fingerprint density at radius 3 is 2.80 bits per heavy atom. The van der Waals surface area contributed by atoms with Crippen LogP contribution in [0.2, 0.25) is 5.28 Å². The third-order valence-corrected chi connectivity index (χ3v) is 3.66.